The van der Waals surface area contributed by atoms with Crippen LogP contribution in [0.3, 0.4) is 0 Å². The lowest BCUT2D eigenvalue weighted by atomic mass is 9.77. The number of rotatable bonds is 7. The van der Waals surface area contributed by atoms with E-state index in [2.05, 4.69) is 0 Å². The predicted octanol–water partition coefficient (Wildman–Crippen LogP) is 1.22. The Morgan fingerprint density at radius 2 is 1.49 bits per heavy atom. The van der Waals surface area contributed by atoms with Gasteiger partial charge in [0.15, 0.2) is 18.3 Å². The van der Waals surface area contributed by atoms with Crippen molar-refractivity contribution in [3.8, 4) is 0 Å². The van der Waals surface area contributed by atoms with Gasteiger partial charge in [-0.25, -0.2) is 0 Å². The molecule has 0 amide bonds. The molecule has 15 nitrogen and oxygen atoms in total. The molecule has 6 N–H and O–H groups in total. The van der Waals surface area contributed by atoms with Crippen molar-refractivity contribution in [3.63, 3.8) is 0 Å². The lowest BCUT2D eigenvalue weighted by molar-refractivity contribution is -0.348. The molecule has 1 unspecified atom stereocenters. The number of aliphatic hydroxyl groups is 6. The lowest BCUT2D eigenvalue weighted by Gasteiger charge is -2.50. The molecule has 0 aliphatic carbocycles. The van der Waals surface area contributed by atoms with Gasteiger partial charge in [-0.1, -0.05) is 20.8 Å². The third kappa shape index (κ3) is 9.92. The molecule has 0 bridgehead atoms. The minimum atomic E-state index is -1.83. The molecule has 0 radical (unpaired) electrons. The summed E-state index contributed by atoms with van der Waals surface area (Å²) in [7, 11) is 6.59. The highest BCUT2D eigenvalue weighted by Crippen LogP contribution is 2.41. The monoisotopic (exact) mass is 765 g/mol. The topological polar surface area (TPSA) is 200 Å². The van der Waals surface area contributed by atoms with Gasteiger partial charge in [0, 0.05) is 38.5 Å². The maximum Gasteiger partial charge on any atom is 0.311 e. The Morgan fingerprint density at radius 3 is 2.04 bits per heavy atom. The standard InChI is InChI=1S/C38H72N2O13/c1-15-26-37(10,46)29(41)24(6)40(13)19-20(2)16-35(8,45)32(53-34-31(43)38(47,39(11)12)17-21(3)49-34)22(4)28(23(5)33(44)51-26)52-27-18-36(9,48-14)30(42)25(7)50-27/h20-32,34,41-43,45-47H,15-19H2,1-14H3/t20-,21-,22+,23-,24-,25+,26-,27+,28+,29-,30+,31+,32-,34+,35-,36-,37-,38?/m1/s1. The second-order valence-corrected chi connectivity index (χ2v) is 17.3. The molecule has 0 aromatic heterocycles. The van der Waals surface area contributed by atoms with E-state index >= 15 is 0 Å². The van der Waals surface area contributed by atoms with Crippen LogP contribution < -0.4 is 0 Å². The average molecular weight is 765 g/mol. The molecule has 3 fully saturated rings. The summed E-state index contributed by atoms with van der Waals surface area (Å²) in [5.74, 6) is -2.83. The van der Waals surface area contributed by atoms with E-state index < -0.39 is 108 Å². The fourth-order valence-electron chi connectivity index (χ4n) is 8.75. The quantitative estimate of drug-likeness (QED) is 0.160. The summed E-state index contributed by atoms with van der Waals surface area (Å²) in [6, 6.07) is -0.568. The van der Waals surface area contributed by atoms with E-state index in [1.165, 1.54) is 18.9 Å². The van der Waals surface area contributed by atoms with Gasteiger partial charge in [-0.3, -0.25) is 9.69 Å². The van der Waals surface area contributed by atoms with Crippen LogP contribution >= 0.6 is 0 Å². The number of likely N-dealkylation sites (N-methyl/N-ethyl adjacent to an activating group) is 2. The van der Waals surface area contributed by atoms with E-state index in [0.29, 0.717) is 6.54 Å². The number of carbonyl (C=O) groups excluding carboxylic acids is 1. The first-order valence-electron chi connectivity index (χ1n) is 19.2. The first kappa shape index (κ1) is 46.3. The smallest absolute Gasteiger partial charge is 0.311 e. The zero-order chi connectivity index (χ0) is 40.6. The van der Waals surface area contributed by atoms with Crippen LogP contribution in [0.1, 0.15) is 94.9 Å². The minimum absolute atomic E-state index is 0.0967. The Hall–Kier alpha value is -1.05. The maximum atomic E-state index is 14.2. The van der Waals surface area contributed by atoms with Gasteiger partial charge in [-0.2, -0.15) is 0 Å². The minimum Gasteiger partial charge on any atom is -0.459 e. The van der Waals surface area contributed by atoms with Gasteiger partial charge in [-0.05, 0) is 88.4 Å². The first-order valence-corrected chi connectivity index (χ1v) is 19.2. The van der Waals surface area contributed by atoms with Crippen molar-refractivity contribution in [2.24, 2.45) is 17.8 Å². The van der Waals surface area contributed by atoms with Crippen LogP contribution in [0.5, 0.6) is 0 Å². The zero-order valence-electron chi connectivity index (χ0n) is 34.6. The van der Waals surface area contributed by atoms with E-state index in [1.807, 2.05) is 18.9 Å². The van der Waals surface area contributed by atoms with Crippen LogP contribution in [0.25, 0.3) is 0 Å². The molecular weight excluding hydrogens is 692 g/mol. The van der Waals surface area contributed by atoms with E-state index in [0.717, 1.165) is 0 Å². The summed E-state index contributed by atoms with van der Waals surface area (Å²) in [6.45, 7) is 17.5. The normalized spacial score (nSPS) is 50.3. The van der Waals surface area contributed by atoms with Crippen molar-refractivity contribution in [1.82, 2.24) is 9.80 Å². The Morgan fingerprint density at radius 1 is 0.887 bits per heavy atom. The fourth-order valence-corrected chi connectivity index (χ4v) is 8.75. The highest BCUT2D eigenvalue weighted by Gasteiger charge is 2.55. The largest absolute Gasteiger partial charge is 0.459 e. The van der Waals surface area contributed by atoms with Crippen LogP contribution in [-0.2, 0) is 33.2 Å². The van der Waals surface area contributed by atoms with E-state index in [9.17, 15) is 35.4 Å². The molecule has 3 heterocycles. The molecule has 3 aliphatic rings. The lowest BCUT2D eigenvalue weighted by Crippen LogP contribution is -2.66. The van der Waals surface area contributed by atoms with Crippen molar-refractivity contribution in [3.05, 3.63) is 0 Å². The van der Waals surface area contributed by atoms with E-state index in [4.69, 9.17) is 28.4 Å². The number of nitrogens with zero attached hydrogens (tertiary/aromatic N) is 2. The van der Waals surface area contributed by atoms with E-state index in [1.54, 1.807) is 69.5 Å². The van der Waals surface area contributed by atoms with Crippen LogP contribution in [0.4, 0.5) is 0 Å². The van der Waals surface area contributed by atoms with Crippen LogP contribution in [0.15, 0.2) is 0 Å². The number of carbonyl (C=O) groups is 1. The second-order valence-electron chi connectivity index (χ2n) is 17.3. The summed E-state index contributed by atoms with van der Waals surface area (Å²) in [5, 5.41) is 69.7. The number of methoxy groups -OCH3 is 1. The number of aliphatic hydroxyl groups excluding tert-OH is 3. The summed E-state index contributed by atoms with van der Waals surface area (Å²) in [6.07, 6.45) is -10.2. The number of cyclic esters (lactones) is 1. The van der Waals surface area contributed by atoms with Crippen molar-refractivity contribution >= 4 is 5.97 Å². The molecule has 18 atom stereocenters. The zero-order valence-corrected chi connectivity index (χ0v) is 34.6. The first-order chi connectivity index (χ1) is 24.3. The summed E-state index contributed by atoms with van der Waals surface area (Å²) in [5.41, 5.74) is -6.24. The summed E-state index contributed by atoms with van der Waals surface area (Å²) < 4.78 is 37.3. The molecule has 0 saturated carbocycles. The third-order valence-electron chi connectivity index (χ3n) is 12.4. The maximum absolute atomic E-state index is 14.2. The summed E-state index contributed by atoms with van der Waals surface area (Å²) >= 11 is 0. The van der Waals surface area contributed by atoms with Gasteiger partial charge in [-0.15, -0.1) is 0 Å². The molecule has 0 aromatic carbocycles. The van der Waals surface area contributed by atoms with Crippen LogP contribution in [0, 0.1) is 17.8 Å². The van der Waals surface area contributed by atoms with Crippen molar-refractivity contribution in [1.29, 1.82) is 0 Å². The van der Waals surface area contributed by atoms with Gasteiger partial charge < -0.3 is 64.0 Å². The molecule has 3 saturated heterocycles. The molecule has 312 valence electrons. The summed E-state index contributed by atoms with van der Waals surface area (Å²) in [4.78, 5) is 17.6. The predicted molar refractivity (Wildman–Crippen MR) is 195 cm³/mol. The van der Waals surface area contributed by atoms with Gasteiger partial charge in [0.2, 0.25) is 0 Å². The highest BCUT2D eigenvalue weighted by atomic mass is 16.7. The van der Waals surface area contributed by atoms with Crippen molar-refractivity contribution < 1.29 is 63.9 Å². The number of hydrogen-bond acceptors (Lipinski definition) is 15. The van der Waals surface area contributed by atoms with Gasteiger partial charge >= 0.3 is 5.97 Å². The Kier molecular flexibility index (Phi) is 15.4. The molecule has 0 aromatic rings. The molecule has 53 heavy (non-hydrogen) atoms. The van der Waals surface area contributed by atoms with Crippen molar-refractivity contribution in [2.45, 2.75) is 185 Å². The molecule has 3 aliphatic heterocycles. The number of hydrogen-bond donors (Lipinski definition) is 6. The van der Waals surface area contributed by atoms with Crippen molar-refractivity contribution in [2.75, 3.05) is 34.8 Å². The SMILES string of the molecule is CC[C@H]1OC(=O)[C@H](C)[C@@H](O[C@H]2C[C@@](C)(OC)[C@@H](O)[C@H](C)O2)[C@H](C)[C@@H](O[C@@H]2O[C@H](C)CC(O)(N(C)C)[C@H]2O)[C@](C)(O)C[C@@H](C)CN(C)[C@H](C)[C@@H](O)[C@]1(C)O. The Labute approximate surface area is 316 Å². The average Bonchev–Trinajstić information content (AvgIpc) is 3.06. The molecular formula is C38H72N2O13. The molecule has 15 heteroatoms. The van der Waals surface area contributed by atoms with Gasteiger partial charge in [0.25, 0.3) is 0 Å². The van der Waals surface area contributed by atoms with E-state index in [-0.39, 0.29) is 31.6 Å². The second kappa shape index (κ2) is 17.6. The van der Waals surface area contributed by atoms with Gasteiger partial charge in [0.05, 0.1) is 41.5 Å². The van der Waals surface area contributed by atoms with Crippen LogP contribution in [-0.4, -0.2) is 171 Å². The Balaban J connectivity index is 2.20. The number of ether oxygens (including phenoxy) is 6. The molecule has 3 rings (SSSR count). The number of esters is 1. The van der Waals surface area contributed by atoms with Gasteiger partial charge in [0.1, 0.15) is 30.0 Å². The third-order valence-corrected chi connectivity index (χ3v) is 12.4. The fraction of sp³-hybridized carbons (Fsp3) is 0.974. The highest BCUT2D eigenvalue weighted by molar-refractivity contribution is 5.73. The Bertz CT molecular complexity index is 1190. The molecule has 0 spiro atoms. The van der Waals surface area contributed by atoms with Crippen LogP contribution in [0.2, 0.25) is 0 Å².